The third-order valence-electron chi connectivity index (χ3n) is 3.62. The van der Waals surface area contributed by atoms with Gasteiger partial charge in [-0.3, -0.25) is 4.79 Å². The van der Waals surface area contributed by atoms with Crippen molar-refractivity contribution in [1.29, 1.82) is 0 Å². The summed E-state index contributed by atoms with van der Waals surface area (Å²) in [4.78, 5) is 14.1. The summed E-state index contributed by atoms with van der Waals surface area (Å²) in [6.45, 7) is 2.22. The number of phenols is 1. The molecule has 2 aromatic carbocycles. The highest BCUT2D eigenvalue weighted by molar-refractivity contribution is 5.96. The van der Waals surface area contributed by atoms with Crippen LogP contribution in [0.5, 0.6) is 17.2 Å². The number of carbonyl (C=O) groups is 1. The molecule has 0 aliphatic carbocycles. The summed E-state index contributed by atoms with van der Waals surface area (Å²) in [5.41, 5.74) is 2.03. The molecule has 122 valence electrons. The average Bonchev–Trinajstić information content (AvgIpc) is 2.55. The van der Waals surface area contributed by atoms with Crippen LogP contribution in [-0.2, 0) is 6.54 Å². The maximum Gasteiger partial charge on any atom is 0.257 e. The summed E-state index contributed by atoms with van der Waals surface area (Å²) in [6.07, 6.45) is 0. The molecule has 0 saturated carbocycles. The Morgan fingerprint density at radius 3 is 2.57 bits per heavy atom. The first-order chi connectivity index (χ1) is 11.0. The van der Waals surface area contributed by atoms with Crippen LogP contribution in [0.4, 0.5) is 0 Å². The number of ether oxygens (including phenoxy) is 2. The molecule has 0 aliphatic rings. The Kier molecular flexibility index (Phi) is 5.11. The highest BCUT2D eigenvalue weighted by Gasteiger charge is 2.18. The molecule has 0 bridgehead atoms. The normalized spacial score (nSPS) is 10.3. The van der Waals surface area contributed by atoms with Crippen LogP contribution in [0, 0.1) is 6.92 Å². The van der Waals surface area contributed by atoms with Gasteiger partial charge in [0.05, 0.1) is 19.8 Å². The van der Waals surface area contributed by atoms with E-state index in [9.17, 15) is 9.90 Å². The first-order valence-electron chi connectivity index (χ1n) is 7.23. The number of hydrogen-bond donors (Lipinski definition) is 1. The Morgan fingerprint density at radius 2 is 1.91 bits per heavy atom. The van der Waals surface area contributed by atoms with E-state index in [1.807, 2.05) is 19.1 Å². The number of benzene rings is 2. The van der Waals surface area contributed by atoms with Gasteiger partial charge < -0.3 is 19.5 Å². The first kappa shape index (κ1) is 16.7. The summed E-state index contributed by atoms with van der Waals surface area (Å²) in [7, 11) is 4.82. The summed E-state index contributed by atoms with van der Waals surface area (Å²) in [5.74, 6) is 0.938. The molecule has 0 heterocycles. The fraction of sp³-hybridized carbons (Fsp3) is 0.278. The highest BCUT2D eigenvalue weighted by atomic mass is 16.5. The predicted molar refractivity (Wildman–Crippen MR) is 88.2 cm³/mol. The minimum absolute atomic E-state index is 0.0231. The average molecular weight is 315 g/mol. The van der Waals surface area contributed by atoms with Crippen molar-refractivity contribution in [1.82, 2.24) is 4.90 Å². The van der Waals surface area contributed by atoms with Crippen LogP contribution in [0.25, 0.3) is 0 Å². The molecule has 1 amide bonds. The van der Waals surface area contributed by atoms with Gasteiger partial charge in [-0.15, -0.1) is 0 Å². The molecular formula is C18H21NO4. The molecule has 23 heavy (non-hydrogen) atoms. The highest BCUT2D eigenvalue weighted by Crippen LogP contribution is 2.31. The molecule has 2 aromatic rings. The standard InChI is InChI=1S/C18H21NO4/c1-12-8-9-15(20)14(10-12)18(21)19(2)11-13-6-5-7-16(22-3)17(13)23-4/h5-10,20H,11H2,1-4H3. The van der Waals surface area contributed by atoms with Crippen LogP contribution < -0.4 is 9.47 Å². The van der Waals surface area contributed by atoms with Gasteiger partial charge in [-0.05, 0) is 25.1 Å². The Labute approximate surface area is 136 Å². The fourth-order valence-electron chi connectivity index (χ4n) is 2.43. The lowest BCUT2D eigenvalue weighted by atomic mass is 10.1. The van der Waals surface area contributed by atoms with E-state index in [2.05, 4.69) is 0 Å². The van der Waals surface area contributed by atoms with Crippen LogP contribution in [0.1, 0.15) is 21.5 Å². The van der Waals surface area contributed by atoms with Crippen molar-refractivity contribution >= 4 is 5.91 Å². The van der Waals surface area contributed by atoms with E-state index in [0.29, 0.717) is 18.0 Å². The monoisotopic (exact) mass is 315 g/mol. The number of rotatable bonds is 5. The zero-order valence-electron chi connectivity index (χ0n) is 13.8. The largest absolute Gasteiger partial charge is 0.507 e. The van der Waals surface area contributed by atoms with Crippen LogP contribution >= 0.6 is 0 Å². The summed E-state index contributed by atoms with van der Waals surface area (Å²) in [6, 6.07) is 10.5. The second kappa shape index (κ2) is 7.05. The SMILES string of the molecule is COc1cccc(CN(C)C(=O)c2cc(C)ccc2O)c1OC. The minimum Gasteiger partial charge on any atom is -0.507 e. The Bertz CT molecular complexity index is 712. The maximum absolute atomic E-state index is 12.6. The molecule has 0 saturated heterocycles. The number of nitrogens with zero attached hydrogens (tertiary/aromatic N) is 1. The quantitative estimate of drug-likeness (QED) is 0.921. The van der Waals surface area contributed by atoms with Gasteiger partial charge in [0.1, 0.15) is 5.75 Å². The zero-order chi connectivity index (χ0) is 17.0. The number of amides is 1. The van der Waals surface area contributed by atoms with Crippen LogP contribution in [-0.4, -0.2) is 37.2 Å². The van der Waals surface area contributed by atoms with E-state index in [4.69, 9.17) is 9.47 Å². The lowest BCUT2D eigenvalue weighted by Crippen LogP contribution is -2.26. The van der Waals surface area contributed by atoms with Gasteiger partial charge in [0.25, 0.3) is 5.91 Å². The van der Waals surface area contributed by atoms with E-state index in [1.165, 1.54) is 11.0 Å². The molecule has 0 atom stereocenters. The number of methoxy groups -OCH3 is 2. The maximum atomic E-state index is 12.6. The van der Waals surface area contributed by atoms with Gasteiger partial charge in [-0.25, -0.2) is 0 Å². The van der Waals surface area contributed by atoms with Crippen LogP contribution in [0.2, 0.25) is 0 Å². The summed E-state index contributed by atoms with van der Waals surface area (Å²) < 4.78 is 10.7. The molecule has 5 nitrogen and oxygen atoms in total. The van der Waals surface area contributed by atoms with E-state index < -0.39 is 0 Å². The third-order valence-corrected chi connectivity index (χ3v) is 3.62. The van der Waals surface area contributed by atoms with E-state index in [-0.39, 0.29) is 17.2 Å². The van der Waals surface area contributed by atoms with Crippen molar-refractivity contribution in [2.45, 2.75) is 13.5 Å². The van der Waals surface area contributed by atoms with Crippen LogP contribution in [0.15, 0.2) is 36.4 Å². The Morgan fingerprint density at radius 1 is 1.17 bits per heavy atom. The molecular weight excluding hydrogens is 294 g/mol. The number of carbonyl (C=O) groups excluding carboxylic acids is 1. The summed E-state index contributed by atoms with van der Waals surface area (Å²) >= 11 is 0. The lowest BCUT2D eigenvalue weighted by molar-refractivity contribution is 0.0781. The second-order valence-electron chi connectivity index (χ2n) is 5.33. The Balaban J connectivity index is 2.27. The first-order valence-corrected chi connectivity index (χ1v) is 7.23. The summed E-state index contributed by atoms with van der Waals surface area (Å²) in [5, 5.41) is 9.91. The molecule has 0 aromatic heterocycles. The molecule has 5 heteroatoms. The van der Waals surface area contributed by atoms with Gasteiger partial charge in [0.2, 0.25) is 0 Å². The number of hydrogen-bond acceptors (Lipinski definition) is 4. The van der Waals surface area contributed by atoms with Crippen molar-refractivity contribution < 1.29 is 19.4 Å². The molecule has 0 unspecified atom stereocenters. The van der Waals surface area contributed by atoms with Crippen LogP contribution in [0.3, 0.4) is 0 Å². The Hall–Kier alpha value is -2.69. The zero-order valence-corrected chi connectivity index (χ0v) is 13.8. The van der Waals surface area contributed by atoms with E-state index in [0.717, 1.165) is 11.1 Å². The molecule has 0 fully saturated rings. The van der Waals surface area contributed by atoms with Gasteiger partial charge in [0, 0.05) is 19.2 Å². The molecule has 0 radical (unpaired) electrons. The van der Waals surface area contributed by atoms with Gasteiger partial charge in [0.15, 0.2) is 11.5 Å². The van der Waals surface area contributed by atoms with Crippen molar-refractivity contribution in [2.75, 3.05) is 21.3 Å². The lowest BCUT2D eigenvalue weighted by Gasteiger charge is -2.20. The van der Waals surface area contributed by atoms with Gasteiger partial charge >= 0.3 is 0 Å². The van der Waals surface area contributed by atoms with Crippen molar-refractivity contribution in [2.24, 2.45) is 0 Å². The van der Waals surface area contributed by atoms with Crippen molar-refractivity contribution in [3.05, 3.63) is 53.1 Å². The topological polar surface area (TPSA) is 59.0 Å². The smallest absolute Gasteiger partial charge is 0.257 e. The molecule has 0 spiro atoms. The minimum atomic E-state index is -0.254. The van der Waals surface area contributed by atoms with Gasteiger partial charge in [-0.1, -0.05) is 23.8 Å². The molecule has 0 aliphatic heterocycles. The number of aryl methyl sites for hydroxylation is 1. The second-order valence-corrected chi connectivity index (χ2v) is 5.33. The number of phenolic OH excluding ortho intramolecular Hbond substituents is 1. The van der Waals surface area contributed by atoms with Crippen molar-refractivity contribution in [3.8, 4) is 17.2 Å². The molecule has 2 rings (SSSR count). The van der Waals surface area contributed by atoms with E-state index in [1.54, 1.807) is 39.5 Å². The predicted octanol–water partition coefficient (Wildman–Crippen LogP) is 2.99. The fourth-order valence-corrected chi connectivity index (χ4v) is 2.43. The van der Waals surface area contributed by atoms with Crippen molar-refractivity contribution in [3.63, 3.8) is 0 Å². The molecule has 1 N–H and O–H groups in total. The number of aromatic hydroxyl groups is 1. The van der Waals surface area contributed by atoms with E-state index >= 15 is 0 Å². The third kappa shape index (κ3) is 3.56. The van der Waals surface area contributed by atoms with Gasteiger partial charge in [-0.2, -0.15) is 0 Å². The number of para-hydroxylation sites is 1.